The van der Waals surface area contributed by atoms with Crippen molar-refractivity contribution < 1.29 is 27.2 Å². The van der Waals surface area contributed by atoms with Crippen LogP contribution in [0.2, 0.25) is 0 Å². The highest BCUT2D eigenvalue weighted by Crippen LogP contribution is 2.46. The molecule has 24 heavy (non-hydrogen) atoms. The topological polar surface area (TPSA) is 61.4 Å². The summed E-state index contributed by atoms with van der Waals surface area (Å²) >= 11 is 0. The van der Waals surface area contributed by atoms with E-state index in [-0.39, 0.29) is 0 Å². The Morgan fingerprint density at radius 1 is 1.25 bits per heavy atom. The Morgan fingerprint density at radius 3 is 2.42 bits per heavy atom. The van der Waals surface area contributed by atoms with Gasteiger partial charge in [0.25, 0.3) is 0 Å². The minimum atomic E-state index is -4.50. The lowest BCUT2D eigenvalue weighted by molar-refractivity contribution is -0.157. The quantitative estimate of drug-likeness (QED) is 0.802. The SMILES string of the molecule is CN(CC(F)(F)F)C(=O)CNC(=O)NC1(c2ccccc2F)CC1. The predicted molar refractivity (Wildman–Crippen MR) is 77.5 cm³/mol. The number of nitrogens with zero attached hydrogens (tertiary/aromatic N) is 1. The van der Waals surface area contributed by atoms with Crippen LogP contribution in [-0.2, 0) is 10.3 Å². The average Bonchev–Trinajstić information content (AvgIpc) is 3.23. The van der Waals surface area contributed by atoms with E-state index in [1.807, 2.05) is 0 Å². The molecule has 0 radical (unpaired) electrons. The second kappa shape index (κ2) is 6.66. The predicted octanol–water partition coefficient (Wildman–Crippen LogP) is 2.13. The molecule has 0 heterocycles. The molecule has 0 aliphatic heterocycles. The van der Waals surface area contributed by atoms with Crippen molar-refractivity contribution in [1.29, 1.82) is 0 Å². The minimum Gasteiger partial charge on any atom is -0.335 e. The number of alkyl halides is 3. The molecule has 3 amide bonds. The van der Waals surface area contributed by atoms with Crippen LogP contribution in [0.25, 0.3) is 0 Å². The lowest BCUT2D eigenvalue weighted by Crippen LogP contribution is -2.47. The highest BCUT2D eigenvalue weighted by Gasteiger charge is 2.47. The lowest BCUT2D eigenvalue weighted by Gasteiger charge is -2.21. The van der Waals surface area contributed by atoms with E-state index in [1.165, 1.54) is 12.1 Å². The normalized spacial score (nSPS) is 15.5. The van der Waals surface area contributed by atoms with Gasteiger partial charge < -0.3 is 15.5 Å². The van der Waals surface area contributed by atoms with Gasteiger partial charge in [0.15, 0.2) is 0 Å². The molecule has 1 aromatic carbocycles. The highest BCUT2D eigenvalue weighted by molar-refractivity contribution is 5.84. The summed E-state index contributed by atoms with van der Waals surface area (Å²) in [7, 11) is 0.997. The molecule has 0 aromatic heterocycles. The van der Waals surface area contributed by atoms with Gasteiger partial charge in [-0.2, -0.15) is 13.2 Å². The van der Waals surface area contributed by atoms with Crippen molar-refractivity contribution in [3.63, 3.8) is 0 Å². The van der Waals surface area contributed by atoms with E-state index >= 15 is 0 Å². The largest absolute Gasteiger partial charge is 0.406 e. The maximum atomic E-state index is 13.8. The van der Waals surface area contributed by atoms with Crippen LogP contribution < -0.4 is 10.6 Å². The molecule has 2 N–H and O–H groups in total. The molecule has 0 atom stereocenters. The van der Waals surface area contributed by atoms with E-state index in [0.29, 0.717) is 23.3 Å². The van der Waals surface area contributed by atoms with Crippen LogP contribution in [0.4, 0.5) is 22.4 Å². The Hall–Kier alpha value is -2.32. The van der Waals surface area contributed by atoms with Gasteiger partial charge >= 0.3 is 12.2 Å². The number of amides is 3. The van der Waals surface area contributed by atoms with Crippen molar-refractivity contribution >= 4 is 11.9 Å². The first-order chi connectivity index (χ1) is 11.1. The molecular formula is C15H17F4N3O2. The summed E-state index contributed by atoms with van der Waals surface area (Å²) in [6.07, 6.45) is -3.41. The van der Waals surface area contributed by atoms with Crippen LogP contribution in [0, 0.1) is 5.82 Å². The third-order valence-electron chi connectivity index (χ3n) is 3.73. The Bertz CT molecular complexity index is 629. The van der Waals surface area contributed by atoms with Crippen LogP contribution in [0.1, 0.15) is 18.4 Å². The van der Waals surface area contributed by atoms with E-state index in [1.54, 1.807) is 12.1 Å². The van der Waals surface area contributed by atoms with E-state index in [2.05, 4.69) is 10.6 Å². The molecule has 1 aliphatic carbocycles. The van der Waals surface area contributed by atoms with Crippen LogP contribution in [-0.4, -0.2) is 43.2 Å². The molecule has 1 aliphatic rings. The van der Waals surface area contributed by atoms with Gasteiger partial charge in [-0.1, -0.05) is 18.2 Å². The van der Waals surface area contributed by atoms with Crippen molar-refractivity contribution in [1.82, 2.24) is 15.5 Å². The number of nitrogens with one attached hydrogen (secondary N) is 2. The number of rotatable bonds is 5. The summed E-state index contributed by atoms with van der Waals surface area (Å²) in [4.78, 5) is 23.9. The van der Waals surface area contributed by atoms with Gasteiger partial charge in [0.1, 0.15) is 12.4 Å². The van der Waals surface area contributed by atoms with E-state index in [4.69, 9.17) is 0 Å². The molecule has 1 aromatic rings. The maximum Gasteiger partial charge on any atom is 0.406 e. The Morgan fingerprint density at radius 2 is 1.88 bits per heavy atom. The van der Waals surface area contributed by atoms with Gasteiger partial charge in [-0.3, -0.25) is 4.79 Å². The molecule has 5 nitrogen and oxygen atoms in total. The van der Waals surface area contributed by atoms with E-state index < -0.39 is 42.6 Å². The fourth-order valence-electron chi connectivity index (χ4n) is 2.35. The zero-order valence-corrected chi connectivity index (χ0v) is 12.9. The van der Waals surface area contributed by atoms with Crippen molar-refractivity contribution in [2.45, 2.75) is 24.6 Å². The molecular weight excluding hydrogens is 330 g/mol. The summed E-state index contributed by atoms with van der Waals surface area (Å²) in [5.41, 5.74) is -0.475. The van der Waals surface area contributed by atoms with Gasteiger partial charge in [0, 0.05) is 12.6 Å². The zero-order chi connectivity index (χ0) is 18.0. The van der Waals surface area contributed by atoms with Crippen molar-refractivity contribution in [2.24, 2.45) is 0 Å². The average molecular weight is 347 g/mol. The smallest absolute Gasteiger partial charge is 0.335 e. The molecule has 0 unspecified atom stereocenters. The first-order valence-corrected chi connectivity index (χ1v) is 7.25. The first-order valence-electron chi connectivity index (χ1n) is 7.25. The summed E-state index contributed by atoms with van der Waals surface area (Å²) in [5, 5.41) is 4.79. The third kappa shape index (κ3) is 4.59. The van der Waals surface area contributed by atoms with Gasteiger partial charge in [-0.25, -0.2) is 9.18 Å². The highest BCUT2D eigenvalue weighted by atomic mass is 19.4. The lowest BCUT2D eigenvalue weighted by atomic mass is 10.0. The number of halogens is 4. The Balaban J connectivity index is 1.86. The second-order valence-electron chi connectivity index (χ2n) is 5.73. The maximum absolute atomic E-state index is 13.8. The van der Waals surface area contributed by atoms with E-state index in [9.17, 15) is 27.2 Å². The number of carbonyl (C=O) groups is 2. The van der Waals surface area contributed by atoms with Gasteiger partial charge in [0.2, 0.25) is 5.91 Å². The molecule has 0 saturated heterocycles. The fraction of sp³-hybridized carbons (Fsp3) is 0.467. The van der Waals surface area contributed by atoms with E-state index in [0.717, 1.165) is 7.05 Å². The van der Waals surface area contributed by atoms with Crippen LogP contribution in [0.5, 0.6) is 0 Å². The molecule has 1 saturated carbocycles. The standard InChI is InChI=1S/C15H17F4N3O2/c1-22(9-15(17,18)19)12(23)8-20-13(24)21-14(6-7-14)10-4-2-3-5-11(10)16/h2-5H,6-9H2,1H3,(H2,20,21,24). The molecule has 9 heteroatoms. The minimum absolute atomic E-state index is 0.348. The number of likely N-dealkylation sites (N-methyl/N-ethyl adjacent to an activating group) is 1. The summed E-state index contributed by atoms with van der Waals surface area (Å²) in [6, 6.07) is 5.29. The molecule has 1 fully saturated rings. The number of urea groups is 1. The van der Waals surface area contributed by atoms with Crippen molar-refractivity contribution in [2.75, 3.05) is 20.1 Å². The number of hydrogen-bond acceptors (Lipinski definition) is 2. The molecule has 0 spiro atoms. The summed E-state index contributed by atoms with van der Waals surface area (Å²) in [5.74, 6) is -1.32. The van der Waals surface area contributed by atoms with Gasteiger partial charge in [-0.15, -0.1) is 0 Å². The monoisotopic (exact) mass is 347 g/mol. The van der Waals surface area contributed by atoms with Crippen molar-refractivity contribution in [3.05, 3.63) is 35.6 Å². The van der Waals surface area contributed by atoms with Crippen LogP contribution >= 0.6 is 0 Å². The molecule has 132 valence electrons. The Kier molecular flexibility index (Phi) is 5.00. The Labute approximate surface area is 136 Å². The van der Waals surface area contributed by atoms with Crippen molar-refractivity contribution in [3.8, 4) is 0 Å². The second-order valence-corrected chi connectivity index (χ2v) is 5.73. The third-order valence-corrected chi connectivity index (χ3v) is 3.73. The summed E-state index contributed by atoms with van der Waals surface area (Å²) < 4.78 is 50.4. The zero-order valence-electron chi connectivity index (χ0n) is 12.9. The van der Waals surface area contributed by atoms with Gasteiger partial charge in [0.05, 0.1) is 12.1 Å². The molecule has 2 rings (SSSR count). The van der Waals surface area contributed by atoms with Crippen LogP contribution in [0.15, 0.2) is 24.3 Å². The number of benzene rings is 1. The number of carbonyl (C=O) groups excluding carboxylic acids is 2. The first kappa shape index (κ1) is 18.0. The van der Waals surface area contributed by atoms with Crippen LogP contribution in [0.3, 0.4) is 0 Å². The van der Waals surface area contributed by atoms with Gasteiger partial charge in [-0.05, 0) is 18.9 Å². The molecule has 0 bridgehead atoms. The number of hydrogen-bond donors (Lipinski definition) is 2. The fourth-order valence-corrected chi connectivity index (χ4v) is 2.35. The summed E-state index contributed by atoms with van der Waals surface area (Å²) in [6.45, 7) is -1.97.